The summed E-state index contributed by atoms with van der Waals surface area (Å²) in [6.07, 6.45) is 1.05. The van der Waals surface area contributed by atoms with Crippen molar-refractivity contribution in [3.63, 3.8) is 0 Å². The van der Waals surface area contributed by atoms with Gasteiger partial charge < -0.3 is 5.11 Å². The number of hydrogen-bond acceptors (Lipinski definition) is 3. The number of aliphatic carboxylic acids is 1. The second kappa shape index (κ2) is 6.10. The largest absolute Gasteiger partial charge is 0.481 e. The van der Waals surface area contributed by atoms with Gasteiger partial charge in [0.05, 0.1) is 10.8 Å². The molecule has 0 aliphatic carbocycles. The fourth-order valence-electron chi connectivity index (χ4n) is 1.71. The molecule has 0 saturated heterocycles. The van der Waals surface area contributed by atoms with E-state index in [9.17, 15) is 22.0 Å². The van der Waals surface area contributed by atoms with Crippen LogP contribution in [-0.2, 0) is 14.6 Å². The van der Waals surface area contributed by atoms with E-state index in [2.05, 4.69) is 0 Å². The van der Waals surface area contributed by atoms with Crippen molar-refractivity contribution >= 4 is 15.8 Å². The summed E-state index contributed by atoms with van der Waals surface area (Å²) in [5.74, 6) is -5.26. The van der Waals surface area contributed by atoms with Gasteiger partial charge in [0.15, 0.2) is 0 Å². The van der Waals surface area contributed by atoms with Crippen molar-refractivity contribution in [2.24, 2.45) is 0 Å². The Hall–Kier alpha value is -1.50. The Morgan fingerprint density at radius 2 is 1.79 bits per heavy atom. The van der Waals surface area contributed by atoms with E-state index >= 15 is 0 Å². The van der Waals surface area contributed by atoms with Gasteiger partial charge in [-0.1, -0.05) is 25.5 Å². The second-order valence-electron chi connectivity index (χ2n) is 4.05. The summed E-state index contributed by atoms with van der Waals surface area (Å²) in [7, 11) is -4.63. The molecule has 4 nitrogen and oxygen atoms in total. The van der Waals surface area contributed by atoms with Gasteiger partial charge in [-0.3, -0.25) is 4.79 Å². The molecule has 0 spiro atoms. The minimum Gasteiger partial charge on any atom is -0.481 e. The highest BCUT2D eigenvalue weighted by molar-refractivity contribution is 7.91. The van der Waals surface area contributed by atoms with E-state index in [1.165, 1.54) is 12.1 Å². The molecule has 0 aliphatic rings. The first-order valence-electron chi connectivity index (χ1n) is 5.65. The number of carboxylic acid groups (broad SMARTS) is 1. The van der Waals surface area contributed by atoms with Crippen LogP contribution in [-0.4, -0.2) is 25.3 Å². The quantitative estimate of drug-likeness (QED) is 0.875. The summed E-state index contributed by atoms with van der Waals surface area (Å²) >= 11 is 0. The van der Waals surface area contributed by atoms with Crippen LogP contribution >= 0.6 is 0 Å². The molecule has 1 rings (SSSR count). The Bertz CT molecular complexity index is 537. The number of halogens is 2. The van der Waals surface area contributed by atoms with Gasteiger partial charge >= 0.3 is 11.7 Å². The van der Waals surface area contributed by atoms with Crippen molar-refractivity contribution < 1.29 is 27.1 Å². The first-order chi connectivity index (χ1) is 8.80. The van der Waals surface area contributed by atoms with E-state index in [0.717, 1.165) is 12.1 Å². The SMILES string of the molecule is CCCC(C(=O)O)c1ccc(S(=O)(=O)C(F)F)cc1. The number of sulfone groups is 1. The van der Waals surface area contributed by atoms with E-state index in [1.54, 1.807) is 0 Å². The Labute approximate surface area is 110 Å². The van der Waals surface area contributed by atoms with Crippen molar-refractivity contribution in [3.8, 4) is 0 Å². The summed E-state index contributed by atoms with van der Waals surface area (Å²) in [5.41, 5.74) is 0.405. The van der Waals surface area contributed by atoms with Gasteiger partial charge in [-0.2, -0.15) is 8.78 Å². The molecule has 1 N–H and O–H groups in total. The molecule has 0 amide bonds. The van der Waals surface area contributed by atoms with E-state index in [-0.39, 0.29) is 0 Å². The fourth-order valence-corrected chi connectivity index (χ4v) is 2.44. The van der Waals surface area contributed by atoms with Gasteiger partial charge in [-0.05, 0) is 24.1 Å². The molecule has 0 bridgehead atoms. The molecule has 106 valence electrons. The lowest BCUT2D eigenvalue weighted by atomic mass is 9.95. The average Bonchev–Trinajstić information content (AvgIpc) is 2.35. The normalized spacial score (nSPS) is 13.5. The molecule has 19 heavy (non-hydrogen) atoms. The standard InChI is InChI=1S/C12H14F2O4S/c1-2-3-10(11(15)16)8-4-6-9(7-5-8)19(17,18)12(13)14/h4-7,10,12H,2-3H2,1H3,(H,15,16). The van der Waals surface area contributed by atoms with Crippen molar-refractivity contribution in [1.29, 1.82) is 0 Å². The third-order valence-corrected chi connectivity index (χ3v) is 4.12. The van der Waals surface area contributed by atoms with Gasteiger partial charge in [0.2, 0.25) is 9.84 Å². The summed E-state index contributed by atoms with van der Waals surface area (Å²) in [4.78, 5) is 10.5. The monoisotopic (exact) mass is 292 g/mol. The van der Waals surface area contributed by atoms with Gasteiger partial charge in [0.1, 0.15) is 0 Å². The van der Waals surface area contributed by atoms with E-state index in [0.29, 0.717) is 18.4 Å². The maximum absolute atomic E-state index is 12.3. The zero-order valence-corrected chi connectivity index (χ0v) is 11.0. The Morgan fingerprint density at radius 1 is 1.26 bits per heavy atom. The zero-order chi connectivity index (χ0) is 14.6. The maximum atomic E-state index is 12.3. The fraction of sp³-hybridized carbons (Fsp3) is 0.417. The molecule has 1 aromatic rings. The number of alkyl halides is 2. The average molecular weight is 292 g/mol. The number of carbonyl (C=O) groups is 1. The minimum atomic E-state index is -4.63. The maximum Gasteiger partial charge on any atom is 0.341 e. The Balaban J connectivity index is 3.08. The molecule has 1 atom stereocenters. The third-order valence-electron chi connectivity index (χ3n) is 2.72. The number of carboxylic acids is 1. The van der Waals surface area contributed by atoms with Gasteiger partial charge in [-0.25, -0.2) is 8.42 Å². The smallest absolute Gasteiger partial charge is 0.341 e. The molecule has 1 unspecified atom stereocenters. The highest BCUT2D eigenvalue weighted by Gasteiger charge is 2.27. The first-order valence-corrected chi connectivity index (χ1v) is 7.20. The van der Waals surface area contributed by atoms with Crippen LogP contribution in [0.2, 0.25) is 0 Å². The molecule has 0 heterocycles. The minimum absolute atomic E-state index is 0.399. The highest BCUT2D eigenvalue weighted by atomic mass is 32.2. The van der Waals surface area contributed by atoms with Crippen molar-refractivity contribution in [2.75, 3.05) is 0 Å². The molecule has 0 fully saturated rings. The summed E-state index contributed by atoms with van der Waals surface area (Å²) in [6.45, 7) is 1.82. The molecule has 0 saturated carbocycles. The second-order valence-corrected chi connectivity index (χ2v) is 5.97. The molecule has 0 aromatic heterocycles. The van der Waals surface area contributed by atoms with Crippen LogP contribution in [0.4, 0.5) is 8.78 Å². The number of rotatable bonds is 6. The van der Waals surface area contributed by atoms with Crippen LogP contribution in [0.25, 0.3) is 0 Å². The first kappa shape index (κ1) is 15.6. The zero-order valence-electron chi connectivity index (χ0n) is 10.2. The lowest BCUT2D eigenvalue weighted by Gasteiger charge is -2.12. The molecule has 1 aromatic carbocycles. The summed E-state index contributed by atoms with van der Waals surface area (Å²) < 4.78 is 47.1. The number of benzene rings is 1. The molecule has 0 aliphatic heterocycles. The number of hydrogen-bond donors (Lipinski definition) is 1. The van der Waals surface area contributed by atoms with Gasteiger partial charge in [-0.15, -0.1) is 0 Å². The molecular weight excluding hydrogens is 278 g/mol. The van der Waals surface area contributed by atoms with Gasteiger partial charge in [0, 0.05) is 0 Å². The summed E-state index contributed by atoms with van der Waals surface area (Å²) in [5, 5.41) is 9.04. The predicted octanol–water partition coefficient (Wildman–Crippen LogP) is 2.65. The van der Waals surface area contributed by atoms with Crippen LogP contribution in [0.1, 0.15) is 31.2 Å². The van der Waals surface area contributed by atoms with Crippen molar-refractivity contribution in [1.82, 2.24) is 0 Å². The van der Waals surface area contributed by atoms with Crippen LogP contribution in [0.5, 0.6) is 0 Å². The Morgan fingerprint density at radius 3 is 2.16 bits per heavy atom. The van der Waals surface area contributed by atoms with Crippen molar-refractivity contribution in [3.05, 3.63) is 29.8 Å². The van der Waals surface area contributed by atoms with Crippen molar-refractivity contribution in [2.45, 2.75) is 36.3 Å². The highest BCUT2D eigenvalue weighted by Crippen LogP contribution is 2.25. The summed E-state index contributed by atoms with van der Waals surface area (Å²) in [6, 6.07) is 4.57. The van der Waals surface area contributed by atoms with Gasteiger partial charge in [0.25, 0.3) is 0 Å². The Kier molecular flexibility index (Phi) is 4.99. The molecule has 7 heteroatoms. The topological polar surface area (TPSA) is 71.4 Å². The van der Waals surface area contributed by atoms with Crippen LogP contribution in [0.3, 0.4) is 0 Å². The third kappa shape index (κ3) is 3.50. The predicted molar refractivity (Wildman–Crippen MR) is 64.9 cm³/mol. The van der Waals surface area contributed by atoms with Crippen LogP contribution < -0.4 is 0 Å². The molecule has 0 radical (unpaired) electrons. The van der Waals surface area contributed by atoms with E-state index in [1.807, 2.05) is 6.92 Å². The lowest BCUT2D eigenvalue weighted by molar-refractivity contribution is -0.139. The molecular formula is C12H14F2O4S. The lowest BCUT2D eigenvalue weighted by Crippen LogP contribution is -2.13. The van der Waals surface area contributed by atoms with Crippen LogP contribution in [0.15, 0.2) is 29.2 Å². The van der Waals surface area contributed by atoms with E-state index in [4.69, 9.17) is 5.11 Å². The van der Waals surface area contributed by atoms with Crippen LogP contribution in [0, 0.1) is 0 Å². The van der Waals surface area contributed by atoms with E-state index < -0.39 is 32.4 Å².